The summed E-state index contributed by atoms with van der Waals surface area (Å²) in [5.41, 5.74) is -0.0693. The van der Waals surface area contributed by atoms with Crippen LogP contribution < -0.4 is 10.6 Å². The third-order valence-electron chi connectivity index (χ3n) is 3.16. The summed E-state index contributed by atoms with van der Waals surface area (Å²) in [4.78, 5) is 23.8. The van der Waals surface area contributed by atoms with Crippen LogP contribution >= 0.6 is 23.2 Å². The van der Waals surface area contributed by atoms with Gasteiger partial charge in [-0.1, -0.05) is 44.0 Å². The summed E-state index contributed by atoms with van der Waals surface area (Å²) >= 11 is 11.8. The molecule has 2 amide bonds. The van der Waals surface area contributed by atoms with Crippen LogP contribution in [-0.2, 0) is 9.59 Å². The molecule has 7 heteroatoms. The molecule has 0 aliphatic heterocycles. The lowest BCUT2D eigenvalue weighted by Gasteiger charge is -2.22. The van der Waals surface area contributed by atoms with Crippen LogP contribution in [-0.4, -0.2) is 29.5 Å². The van der Waals surface area contributed by atoms with Gasteiger partial charge in [0.15, 0.2) is 0 Å². The molecule has 128 valence electrons. The number of aliphatic hydroxyl groups excluding tert-OH is 1. The van der Waals surface area contributed by atoms with Crippen molar-refractivity contribution in [3.8, 4) is 0 Å². The zero-order chi connectivity index (χ0) is 17.8. The highest BCUT2D eigenvalue weighted by atomic mass is 35.5. The van der Waals surface area contributed by atoms with Crippen LogP contribution in [0.25, 0.3) is 0 Å². The van der Waals surface area contributed by atoms with Crippen LogP contribution in [0.15, 0.2) is 18.2 Å². The molecule has 2 atom stereocenters. The SMILES string of the molecule is C[C@@H](NC(=O)C(C)(C)C)C(=O)NC[C@H](O)c1cc(Cl)cc(Cl)c1. The average Bonchev–Trinajstić information content (AvgIpc) is 2.41. The van der Waals surface area contributed by atoms with E-state index in [2.05, 4.69) is 10.6 Å². The molecule has 1 aromatic rings. The van der Waals surface area contributed by atoms with E-state index in [4.69, 9.17) is 23.2 Å². The van der Waals surface area contributed by atoms with Crippen LogP contribution in [0.3, 0.4) is 0 Å². The number of aliphatic hydroxyl groups is 1. The van der Waals surface area contributed by atoms with Gasteiger partial charge >= 0.3 is 0 Å². The summed E-state index contributed by atoms with van der Waals surface area (Å²) in [5, 5.41) is 16.1. The lowest BCUT2D eigenvalue weighted by Crippen LogP contribution is -2.48. The van der Waals surface area contributed by atoms with Crippen molar-refractivity contribution in [3.63, 3.8) is 0 Å². The van der Waals surface area contributed by atoms with Crippen LogP contribution in [0.1, 0.15) is 39.4 Å². The summed E-state index contributed by atoms with van der Waals surface area (Å²) < 4.78 is 0. The molecule has 0 unspecified atom stereocenters. The maximum absolute atomic E-state index is 12.0. The Labute approximate surface area is 146 Å². The zero-order valence-electron chi connectivity index (χ0n) is 13.6. The van der Waals surface area contributed by atoms with Crippen molar-refractivity contribution in [2.75, 3.05) is 6.54 Å². The van der Waals surface area contributed by atoms with Gasteiger partial charge < -0.3 is 15.7 Å². The Morgan fingerprint density at radius 3 is 2.17 bits per heavy atom. The average molecular weight is 361 g/mol. The maximum Gasteiger partial charge on any atom is 0.242 e. The van der Waals surface area contributed by atoms with E-state index in [0.29, 0.717) is 15.6 Å². The Morgan fingerprint density at radius 2 is 1.70 bits per heavy atom. The second-order valence-corrected chi connectivity index (χ2v) is 7.28. The van der Waals surface area contributed by atoms with E-state index in [1.54, 1.807) is 45.9 Å². The van der Waals surface area contributed by atoms with E-state index in [1.165, 1.54) is 0 Å². The first-order valence-corrected chi connectivity index (χ1v) is 7.99. The molecule has 0 heterocycles. The number of rotatable bonds is 5. The number of carbonyl (C=O) groups is 2. The normalized spacial score (nSPS) is 14.0. The second kappa shape index (κ2) is 7.99. The molecule has 0 aromatic heterocycles. The minimum atomic E-state index is -0.944. The number of amides is 2. The molecule has 23 heavy (non-hydrogen) atoms. The number of nitrogens with one attached hydrogen (secondary N) is 2. The monoisotopic (exact) mass is 360 g/mol. The molecule has 1 rings (SSSR count). The summed E-state index contributed by atoms with van der Waals surface area (Å²) in [7, 11) is 0. The van der Waals surface area contributed by atoms with E-state index in [-0.39, 0.29) is 18.4 Å². The fraction of sp³-hybridized carbons (Fsp3) is 0.500. The van der Waals surface area contributed by atoms with Crippen molar-refractivity contribution in [2.45, 2.75) is 39.8 Å². The van der Waals surface area contributed by atoms with E-state index in [1.807, 2.05) is 0 Å². The Morgan fingerprint density at radius 1 is 1.17 bits per heavy atom. The van der Waals surface area contributed by atoms with E-state index in [0.717, 1.165) is 0 Å². The van der Waals surface area contributed by atoms with Crippen molar-refractivity contribution in [1.29, 1.82) is 0 Å². The minimum Gasteiger partial charge on any atom is -0.387 e. The molecule has 0 bridgehead atoms. The molecule has 0 radical (unpaired) electrons. The molecule has 3 N–H and O–H groups in total. The predicted octanol–water partition coefficient (Wildman–Crippen LogP) is 2.69. The van der Waals surface area contributed by atoms with Gasteiger partial charge in [-0.2, -0.15) is 0 Å². The summed E-state index contributed by atoms with van der Waals surface area (Å²) in [6.07, 6.45) is -0.944. The molecule has 5 nitrogen and oxygen atoms in total. The summed E-state index contributed by atoms with van der Waals surface area (Å²) in [6.45, 7) is 6.87. The first kappa shape index (κ1) is 19.7. The Hall–Kier alpha value is -1.30. The smallest absolute Gasteiger partial charge is 0.242 e. The molecule has 1 aromatic carbocycles. The number of hydrogen-bond acceptors (Lipinski definition) is 3. The molecular weight excluding hydrogens is 339 g/mol. The first-order valence-electron chi connectivity index (χ1n) is 7.23. The van der Waals surface area contributed by atoms with Crippen molar-refractivity contribution < 1.29 is 14.7 Å². The van der Waals surface area contributed by atoms with Gasteiger partial charge in [-0.25, -0.2) is 0 Å². The van der Waals surface area contributed by atoms with Crippen LogP contribution in [0.4, 0.5) is 0 Å². The van der Waals surface area contributed by atoms with Gasteiger partial charge in [-0.05, 0) is 30.7 Å². The minimum absolute atomic E-state index is 0.00870. The first-order chi connectivity index (χ1) is 10.5. The van der Waals surface area contributed by atoms with E-state index in [9.17, 15) is 14.7 Å². The van der Waals surface area contributed by atoms with Crippen LogP contribution in [0, 0.1) is 5.41 Å². The lowest BCUT2D eigenvalue weighted by molar-refractivity contribution is -0.133. The second-order valence-electron chi connectivity index (χ2n) is 6.41. The third-order valence-corrected chi connectivity index (χ3v) is 3.60. The number of halogens is 2. The fourth-order valence-electron chi connectivity index (χ4n) is 1.71. The highest BCUT2D eigenvalue weighted by Crippen LogP contribution is 2.23. The van der Waals surface area contributed by atoms with Crippen LogP contribution in [0.5, 0.6) is 0 Å². The largest absolute Gasteiger partial charge is 0.387 e. The van der Waals surface area contributed by atoms with Crippen LogP contribution in [0.2, 0.25) is 10.0 Å². The van der Waals surface area contributed by atoms with Crippen molar-refractivity contribution >= 4 is 35.0 Å². The lowest BCUT2D eigenvalue weighted by atomic mass is 9.95. The highest BCUT2D eigenvalue weighted by Gasteiger charge is 2.25. The van der Waals surface area contributed by atoms with E-state index >= 15 is 0 Å². The van der Waals surface area contributed by atoms with E-state index < -0.39 is 17.6 Å². The van der Waals surface area contributed by atoms with Crippen molar-refractivity contribution in [3.05, 3.63) is 33.8 Å². The van der Waals surface area contributed by atoms with Crippen molar-refractivity contribution in [2.24, 2.45) is 5.41 Å². The number of benzene rings is 1. The summed E-state index contributed by atoms with van der Waals surface area (Å²) in [6, 6.07) is 4.02. The standard InChI is InChI=1S/C16H22Cl2N2O3/c1-9(20-15(23)16(2,3)4)14(22)19-8-13(21)10-5-11(17)7-12(18)6-10/h5-7,9,13,21H,8H2,1-4H3,(H,19,22)(H,20,23)/t9-,13+/m1/s1. The Kier molecular flexibility index (Phi) is 6.86. The predicted molar refractivity (Wildman–Crippen MR) is 91.5 cm³/mol. The summed E-state index contributed by atoms with van der Waals surface area (Å²) in [5.74, 6) is -0.600. The molecule has 0 saturated carbocycles. The van der Waals surface area contributed by atoms with Crippen molar-refractivity contribution in [1.82, 2.24) is 10.6 Å². The van der Waals surface area contributed by atoms with Gasteiger partial charge in [-0.3, -0.25) is 9.59 Å². The Bertz CT molecular complexity index is 565. The topological polar surface area (TPSA) is 78.4 Å². The molecule has 0 saturated heterocycles. The van der Waals surface area contributed by atoms with Gasteiger partial charge in [0, 0.05) is 22.0 Å². The molecule has 0 fully saturated rings. The fourth-order valence-corrected chi connectivity index (χ4v) is 2.26. The highest BCUT2D eigenvalue weighted by molar-refractivity contribution is 6.34. The van der Waals surface area contributed by atoms with Gasteiger partial charge in [0.1, 0.15) is 6.04 Å². The quantitative estimate of drug-likeness (QED) is 0.755. The van der Waals surface area contributed by atoms with Gasteiger partial charge in [0.05, 0.1) is 6.10 Å². The number of hydrogen-bond donors (Lipinski definition) is 3. The number of carbonyl (C=O) groups excluding carboxylic acids is 2. The molecule has 0 spiro atoms. The molecular formula is C16H22Cl2N2O3. The zero-order valence-corrected chi connectivity index (χ0v) is 15.1. The molecule has 0 aliphatic carbocycles. The maximum atomic E-state index is 12.0. The van der Waals surface area contributed by atoms with Gasteiger partial charge in [0.2, 0.25) is 11.8 Å². The Balaban J connectivity index is 2.56. The van der Waals surface area contributed by atoms with Gasteiger partial charge in [-0.15, -0.1) is 0 Å². The van der Waals surface area contributed by atoms with Gasteiger partial charge in [0.25, 0.3) is 0 Å². The molecule has 0 aliphatic rings. The third kappa shape index (κ3) is 6.37.